The van der Waals surface area contributed by atoms with Crippen LogP contribution in [0.15, 0.2) is 35.4 Å². The van der Waals surface area contributed by atoms with Gasteiger partial charge < -0.3 is 20.4 Å². The third kappa shape index (κ3) is 6.22. The fraction of sp³-hybridized carbons (Fsp3) is 0.476. The molecule has 1 aromatic carbocycles. The van der Waals surface area contributed by atoms with Gasteiger partial charge >= 0.3 is 17.8 Å². The zero-order valence-electron chi connectivity index (χ0n) is 17.6. The van der Waals surface area contributed by atoms with Crippen molar-refractivity contribution in [3.63, 3.8) is 0 Å². The third-order valence-corrected chi connectivity index (χ3v) is 5.50. The summed E-state index contributed by atoms with van der Waals surface area (Å²) in [5.74, 6) is -2.76. The van der Waals surface area contributed by atoms with Gasteiger partial charge in [0.2, 0.25) is 0 Å². The van der Waals surface area contributed by atoms with E-state index in [2.05, 4.69) is 44.3 Å². The molecule has 8 nitrogen and oxygen atoms in total. The molecule has 0 radical (unpaired) electrons. The number of carbonyl (C=O) groups is 1. The Kier molecular flexibility index (Phi) is 7.39. The van der Waals surface area contributed by atoms with Gasteiger partial charge in [0.15, 0.2) is 0 Å². The largest absolute Gasteiger partial charge is 0.490 e. The number of aliphatic carboxylic acids is 1. The van der Waals surface area contributed by atoms with Crippen LogP contribution in [-0.2, 0) is 11.3 Å². The number of aromatic amines is 2. The van der Waals surface area contributed by atoms with Crippen molar-refractivity contribution in [3.05, 3.63) is 52.2 Å². The molecular weight excluding hydrogens is 427 g/mol. The van der Waals surface area contributed by atoms with Crippen LogP contribution in [0.3, 0.4) is 0 Å². The molecule has 1 aliphatic carbocycles. The number of nitrogens with one attached hydrogen (secondary N) is 3. The number of imidazole rings is 1. The topological polar surface area (TPSA) is 116 Å². The summed E-state index contributed by atoms with van der Waals surface area (Å²) in [6, 6.07) is 6.79. The number of fused-ring (bicyclic) bond motifs is 1. The van der Waals surface area contributed by atoms with Crippen molar-refractivity contribution >= 4 is 17.0 Å². The average Bonchev–Trinajstić information content (AvgIpc) is 3.37. The maximum absolute atomic E-state index is 11.4. The first kappa shape index (κ1) is 23.6. The van der Waals surface area contributed by atoms with Crippen LogP contribution in [0.25, 0.3) is 11.0 Å². The molecule has 1 unspecified atom stereocenters. The summed E-state index contributed by atoms with van der Waals surface area (Å²) in [5, 5.41) is 15.2. The molecule has 3 aromatic rings. The fourth-order valence-electron chi connectivity index (χ4n) is 3.72. The second-order valence-corrected chi connectivity index (χ2v) is 7.91. The number of carboxylic acid groups (broad SMARTS) is 1. The van der Waals surface area contributed by atoms with Crippen LogP contribution in [-0.4, -0.2) is 37.0 Å². The summed E-state index contributed by atoms with van der Waals surface area (Å²) >= 11 is 0. The third-order valence-electron chi connectivity index (χ3n) is 5.50. The van der Waals surface area contributed by atoms with E-state index in [0.29, 0.717) is 6.04 Å². The first-order valence-electron chi connectivity index (χ1n) is 10.4. The Hall–Kier alpha value is -3.08. The molecule has 0 aliphatic heterocycles. The first-order chi connectivity index (χ1) is 15.1. The lowest BCUT2D eigenvalue weighted by molar-refractivity contribution is -0.192. The molecule has 1 atom stereocenters. The highest BCUT2D eigenvalue weighted by Gasteiger charge is 2.38. The van der Waals surface area contributed by atoms with Crippen molar-refractivity contribution in [2.24, 2.45) is 0 Å². The van der Waals surface area contributed by atoms with Gasteiger partial charge in [-0.25, -0.2) is 9.59 Å². The molecule has 32 heavy (non-hydrogen) atoms. The minimum Gasteiger partial charge on any atom is -0.475 e. The van der Waals surface area contributed by atoms with E-state index in [-0.39, 0.29) is 11.7 Å². The Morgan fingerprint density at radius 3 is 2.56 bits per heavy atom. The number of halogens is 3. The van der Waals surface area contributed by atoms with Gasteiger partial charge in [-0.15, -0.1) is 0 Å². The summed E-state index contributed by atoms with van der Waals surface area (Å²) in [6.45, 7) is 2.92. The molecule has 1 aliphatic rings. The molecular formula is C21H26F3N5O3. The van der Waals surface area contributed by atoms with Crippen molar-refractivity contribution in [1.82, 2.24) is 25.1 Å². The smallest absolute Gasteiger partial charge is 0.475 e. The molecule has 0 amide bonds. The average molecular weight is 453 g/mol. The lowest BCUT2D eigenvalue weighted by Gasteiger charge is -2.21. The van der Waals surface area contributed by atoms with Gasteiger partial charge in [-0.1, -0.05) is 25.3 Å². The molecule has 1 fully saturated rings. The van der Waals surface area contributed by atoms with Gasteiger partial charge in [0.05, 0.1) is 23.3 Å². The number of hydrogen-bond donors (Lipinski definition) is 4. The van der Waals surface area contributed by atoms with Crippen LogP contribution in [0.2, 0.25) is 0 Å². The van der Waals surface area contributed by atoms with E-state index in [1.807, 2.05) is 18.3 Å². The van der Waals surface area contributed by atoms with Gasteiger partial charge in [-0.2, -0.15) is 18.3 Å². The predicted molar refractivity (Wildman–Crippen MR) is 112 cm³/mol. The molecule has 1 saturated carbocycles. The standard InChI is InChI=1S/C19H25N5O.C2HF3O2/c1-13(15-7-8-17-18(9-15)23-19(25)22-17)20-10-14-11-21-24(12-14)16-5-3-2-4-6-16;3-2(4,5)1(6)7/h7-9,11-13,16,20H,2-6,10H2,1H3,(H2,22,23,25);(H,6,7). The fourth-order valence-corrected chi connectivity index (χ4v) is 3.72. The molecule has 2 heterocycles. The summed E-state index contributed by atoms with van der Waals surface area (Å²) in [4.78, 5) is 25.9. The SMILES string of the molecule is CC(NCc1cnn(C2CCCCC2)c1)c1ccc2[nH]c(=O)[nH]c2c1.O=C(O)C(F)(F)F. The number of benzene rings is 1. The van der Waals surface area contributed by atoms with Crippen molar-refractivity contribution in [3.8, 4) is 0 Å². The van der Waals surface area contributed by atoms with E-state index >= 15 is 0 Å². The molecule has 174 valence electrons. The van der Waals surface area contributed by atoms with E-state index in [0.717, 1.165) is 23.1 Å². The number of H-pyrrole nitrogens is 2. The second-order valence-electron chi connectivity index (χ2n) is 7.91. The van der Waals surface area contributed by atoms with Crippen molar-refractivity contribution in [2.75, 3.05) is 0 Å². The zero-order valence-corrected chi connectivity index (χ0v) is 17.6. The number of nitrogens with zero attached hydrogens (tertiary/aromatic N) is 2. The van der Waals surface area contributed by atoms with Crippen LogP contribution in [0, 0.1) is 0 Å². The Morgan fingerprint density at radius 1 is 1.25 bits per heavy atom. The molecule has 0 saturated heterocycles. The monoisotopic (exact) mass is 453 g/mol. The minimum absolute atomic E-state index is 0.164. The second kappa shape index (κ2) is 10.0. The molecule has 0 bridgehead atoms. The van der Waals surface area contributed by atoms with Crippen LogP contribution in [0.1, 0.15) is 62.2 Å². The van der Waals surface area contributed by atoms with Crippen molar-refractivity contribution < 1.29 is 23.1 Å². The summed E-state index contributed by atoms with van der Waals surface area (Å²) in [7, 11) is 0. The number of hydrogen-bond acceptors (Lipinski definition) is 4. The molecule has 4 rings (SSSR count). The lowest BCUT2D eigenvalue weighted by Crippen LogP contribution is -2.21. The van der Waals surface area contributed by atoms with Crippen LogP contribution >= 0.6 is 0 Å². The first-order valence-corrected chi connectivity index (χ1v) is 10.4. The summed E-state index contributed by atoms with van der Waals surface area (Å²) in [6.07, 6.45) is 5.57. The minimum atomic E-state index is -5.08. The molecule has 2 aromatic heterocycles. The highest BCUT2D eigenvalue weighted by atomic mass is 19.4. The highest BCUT2D eigenvalue weighted by molar-refractivity contribution is 5.75. The predicted octanol–water partition coefficient (Wildman–Crippen LogP) is 4.04. The van der Waals surface area contributed by atoms with Gasteiger partial charge in [0, 0.05) is 24.3 Å². The Labute approximate surface area is 181 Å². The number of aromatic nitrogens is 4. The maximum Gasteiger partial charge on any atom is 0.490 e. The van der Waals surface area contributed by atoms with E-state index in [9.17, 15) is 18.0 Å². The zero-order chi connectivity index (χ0) is 23.3. The van der Waals surface area contributed by atoms with Gasteiger partial charge in [0.1, 0.15) is 0 Å². The van der Waals surface area contributed by atoms with Crippen LogP contribution in [0.5, 0.6) is 0 Å². The quantitative estimate of drug-likeness (QED) is 0.465. The molecule has 11 heteroatoms. The number of alkyl halides is 3. The Morgan fingerprint density at radius 2 is 1.91 bits per heavy atom. The highest BCUT2D eigenvalue weighted by Crippen LogP contribution is 2.27. The van der Waals surface area contributed by atoms with Crippen molar-refractivity contribution in [1.29, 1.82) is 0 Å². The summed E-state index contributed by atoms with van der Waals surface area (Å²) in [5.41, 5.74) is 3.90. The van der Waals surface area contributed by atoms with Gasteiger partial charge in [0.25, 0.3) is 0 Å². The van der Waals surface area contributed by atoms with Gasteiger partial charge in [-0.05, 0) is 37.5 Å². The van der Waals surface area contributed by atoms with E-state index in [1.54, 1.807) is 0 Å². The normalized spacial score (nSPS) is 15.9. The van der Waals surface area contributed by atoms with Crippen LogP contribution < -0.4 is 11.0 Å². The molecule has 0 spiro atoms. The van der Waals surface area contributed by atoms with Crippen molar-refractivity contribution in [2.45, 2.75) is 63.8 Å². The summed E-state index contributed by atoms with van der Waals surface area (Å²) < 4.78 is 33.9. The van der Waals surface area contributed by atoms with E-state index in [1.165, 1.54) is 37.7 Å². The maximum atomic E-state index is 11.4. The Balaban J connectivity index is 0.000000360. The molecule has 4 N–H and O–H groups in total. The number of carboxylic acids is 1. The number of rotatable bonds is 5. The Bertz CT molecular complexity index is 1100. The van der Waals surface area contributed by atoms with Crippen LogP contribution in [0.4, 0.5) is 13.2 Å². The van der Waals surface area contributed by atoms with E-state index in [4.69, 9.17) is 9.90 Å². The van der Waals surface area contributed by atoms with E-state index < -0.39 is 12.1 Å². The van der Waals surface area contributed by atoms with Gasteiger partial charge in [-0.3, -0.25) is 4.68 Å². The lowest BCUT2D eigenvalue weighted by atomic mass is 9.96.